The molecule has 9 heteroatoms. The van der Waals surface area contributed by atoms with Gasteiger partial charge in [0.05, 0.1) is 23.3 Å². The van der Waals surface area contributed by atoms with Crippen molar-refractivity contribution in [3.63, 3.8) is 0 Å². The number of hydrogen-bond donors (Lipinski definition) is 5. The average molecular weight is 298 g/mol. The molecule has 1 rings (SSSR count). The third-order valence-corrected chi connectivity index (χ3v) is 4.75. The zero-order valence-electron chi connectivity index (χ0n) is 9.39. The minimum absolute atomic E-state index is 0.164. The lowest BCUT2D eigenvalue weighted by Gasteiger charge is -2.13. The number of hydrazine groups is 1. The predicted molar refractivity (Wildman–Crippen MR) is 75.7 cm³/mol. The average Bonchev–Trinajstić information content (AvgIpc) is 2.78. The van der Waals surface area contributed by atoms with Crippen molar-refractivity contribution in [3.05, 3.63) is 10.4 Å². The van der Waals surface area contributed by atoms with E-state index in [0.717, 1.165) is 11.8 Å². The van der Waals surface area contributed by atoms with Crippen LogP contribution in [-0.2, 0) is 0 Å². The maximum absolute atomic E-state index is 8.60. The Labute approximate surface area is 114 Å². The molecule has 0 spiro atoms. The summed E-state index contributed by atoms with van der Waals surface area (Å²) in [5.74, 6) is 1.55. The smallest absolute Gasteiger partial charge is 0.0769 e. The highest BCUT2D eigenvalue weighted by Gasteiger charge is 2.15. The summed E-state index contributed by atoms with van der Waals surface area (Å²) >= 11 is 4.93. The largest absolute Gasteiger partial charge is 0.395 e. The summed E-state index contributed by atoms with van der Waals surface area (Å²) in [6, 6.07) is 0. The Hall–Kier alpha value is 0.390. The molecule has 1 aliphatic heterocycles. The summed E-state index contributed by atoms with van der Waals surface area (Å²) in [5.41, 5.74) is 3.12. The monoisotopic (exact) mass is 298 g/mol. The molecule has 0 aliphatic carbocycles. The Bertz CT molecular complexity index is 233. The van der Waals surface area contributed by atoms with Crippen molar-refractivity contribution in [2.75, 3.05) is 38.1 Å². The van der Waals surface area contributed by atoms with Crippen molar-refractivity contribution in [2.45, 2.75) is 0 Å². The molecule has 1 aliphatic rings. The molecule has 0 unspecified atom stereocenters. The van der Waals surface area contributed by atoms with Gasteiger partial charge in [-0.15, -0.1) is 15.6 Å². The minimum atomic E-state index is 0.164. The van der Waals surface area contributed by atoms with E-state index in [0.29, 0.717) is 13.1 Å². The van der Waals surface area contributed by atoms with Gasteiger partial charge in [0.1, 0.15) is 0 Å². The normalized spacial score (nSPS) is 16.0. The van der Waals surface area contributed by atoms with Crippen molar-refractivity contribution in [3.8, 4) is 0 Å². The zero-order chi connectivity index (χ0) is 12.3. The van der Waals surface area contributed by atoms with Crippen LogP contribution in [0.3, 0.4) is 0 Å². The van der Waals surface area contributed by atoms with Gasteiger partial charge in [-0.05, 0) is 23.9 Å². The van der Waals surface area contributed by atoms with Crippen LogP contribution in [-0.4, -0.2) is 52.1 Å². The zero-order valence-corrected chi connectivity index (χ0v) is 11.8. The second kappa shape index (κ2) is 10.3. The number of thioether (sulfide) groups is 1. The van der Waals surface area contributed by atoms with E-state index in [1.54, 1.807) is 35.7 Å². The third-order valence-electron chi connectivity index (χ3n) is 1.64. The summed E-state index contributed by atoms with van der Waals surface area (Å²) in [6.07, 6.45) is 1.95. The van der Waals surface area contributed by atoms with Gasteiger partial charge in [0.2, 0.25) is 0 Å². The lowest BCUT2D eigenvalue weighted by Crippen LogP contribution is -2.23. The molecule has 100 valence electrons. The van der Waals surface area contributed by atoms with E-state index in [2.05, 4.69) is 16.1 Å². The molecule has 0 bridgehead atoms. The second-order valence-electron chi connectivity index (χ2n) is 2.95. The van der Waals surface area contributed by atoms with E-state index < -0.39 is 0 Å². The molecular formula is C8H18N4O2S3. The highest BCUT2D eigenvalue weighted by atomic mass is 32.2. The van der Waals surface area contributed by atoms with Gasteiger partial charge in [-0.25, -0.2) is 0 Å². The lowest BCUT2D eigenvalue weighted by molar-refractivity contribution is 0.295. The number of rotatable bonds is 10. The Morgan fingerprint density at radius 3 is 2.65 bits per heavy atom. The van der Waals surface area contributed by atoms with Crippen LogP contribution in [0, 0.1) is 0 Å². The van der Waals surface area contributed by atoms with Crippen molar-refractivity contribution in [2.24, 2.45) is 0 Å². The van der Waals surface area contributed by atoms with Gasteiger partial charge >= 0.3 is 0 Å². The summed E-state index contributed by atoms with van der Waals surface area (Å²) in [7, 11) is 0. The van der Waals surface area contributed by atoms with Gasteiger partial charge < -0.3 is 26.3 Å². The second-order valence-corrected chi connectivity index (χ2v) is 6.36. The molecule has 0 aromatic rings. The molecule has 0 radical (unpaired) electrons. The summed E-state index contributed by atoms with van der Waals surface area (Å²) < 4.78 is 3.14. The highest BCUT2D eigenvalue weighted by molar-refractivity contribution is 8.25. The van der Waals surface area contributed by atoms with Gasteiger partial charge in [0.15, 0.2) is 0 Å². The first kappa shape index (κ1) is 15.4. The molecule has 1 heterocycles. The van der Waals surface area contributed by atoms with Crippen LogP contribution in [0.15, 0.2) is 10.4 Å². The summed E-state index contributed by atoms with van der Waals surface area (Å²) in [4.78, 5) is 0. The van der Waals surface area contributed by atoms with Crippen molar-refractivity contribution in [1.82, 2.24) is 19.9 Å². The van der Waals surface area contributed by atoms with Crippen LogP contribution in [0.5, 0.6) is 0 Å². The molecule has 0 amide bonds. The third kappa shape index (κ3) is 7.42. The maximum atomic E-state index is 8.60. The van der Waals surface area contributed by atoms with E-state index in [1.807, 2.05) is 10.0 Å². The van der Waals surface area contributed by atoms with Crippen molar-refractivity contribution >= 4 is 35.7 Å². The van der Waals surface area contributed by atoms with Crippen molar-refractivity contribution < 1.29 is 10.2 Å². The molecule has 0 aromatic heterocycles. The van der Waals surface area contributed by atoms with E-state index in [-0.39, 0.29) is 13.2 Å². The Morgan fingerprint density at radius 1 is 1.24 bits per heavy atom. The maximum Gasteiger partial charge on any atom is 0.0769 e. The molecule has 17 heavy (non-hydrogen) atoms. The van der Waals surface area contributed by atoms with Crippen LogP contribution in [0.4, 0.5) is 0 Å². The van der Waals surface area contributed by atoms with Gasteiger partial charge in [0.25, 0.3) is 0 Å². The molecule has 0 aromatic carbocycles. The Morgan fingerprint density at radius 2 is 1.94 bits per heavy atom. The lowest BCUT2D eigenvalue weighted by atomic mass is 10.7. The number of aliphatic hydroxyl groups excluding tert-OH is 2. The van der Waals surface area contributed by atoms with Gasteiger partial charge in [-0.2, -0.15) is 0 Å². The molecule has 0 saturated carbocycles. The first-order valence-corrected chi connectivity index (χ1v) is 7.90. The predicted octanol–water partition coefficient (Wildman–Crippen LogP) is -0.286. The van der Waals surface area contributed by atoms with Crippen LogP contribution in [0.1, 0.15) is 0 Å². The number of hydrogen-bond acceptors (Lipinski definition) is 9. The fraction of sp³-hybridized carbons (Fsp3) is 0.750. The first-order valence-electron chi connectivity index (χ1n) is 5.20. The van der Waals surface area contributed by atoms with Crippen LogP contribution in [0.2, 0.25) is 0 Å². The fourth-order valence-electron chi connectivity index (χ4n) is 0.900. The topological polar surface area (TPSA) is 79.8 Å². The molecule has 0 atom stereocenters. The summed E-state index contributed by atoms with van der Waals surface area (Å²) in [5, 5.41) is 23.4. The number of aliphatic hydroxyl groups is 2. The SMILES string of the molecule is OCCNCSC1=CNN(SCNCCO)S1. The van der Waals surface area contributed by atoms with E-state index in [9.17, 15) is 0 Å². The Balaban J connectivity index is 1.97. The van der Waals surface area contributed by atoms with Gasteiger partial charge in [-0.1, -0.05) is 0 Å². The van der Waals surface area contributed by atoms with E-state index in [1.165, 1.54) is 4.24 Å². The van der Waals surface area contributed by atoms with Crippen molar-refractivity contribution in [1.29, 1.82) is 0 Å². The first-order chi connectivity index (χ1) is 8.36. The Kier molecular flexibility index (Phi) is 9.38. The fourth-order valence-corrected chi connectivity index (χ4v) is 3.64. The quantitative estimate of drug-likeness (QED) is 0.212. The highest BCUT2D eigenvalue weighted by Crippen LogP contribution is 2.36. The molecule has 6 nitrogen and oxygen atoms in total. The van der Waals surface area contributed by atoms with Crippen LogP contribution in [0.25, 0.3) is 0 Å². The minimum Gasteiger partial charge on any atom is -0.395 e. The summed E-state index contributed by atoms with van der Waals surface area (Å²) in [6.45, 7) is 1.58. The molecule has 0 fully saturated rings. The van der Waals surface area contributed by atoms with Crippen LogP contribution < -0.4 is 16.1 Å². The number of nitrogens with zero attached hydrogens (tertiary/aromatic N) is 1. The van der Waals surface area contributed by atoms with E-state index >= 15 is 0 Å². The van der Waals surface area contributed by atoms with E-state index in [4.69, 9.17) is 10.2 Å². The molecule has 5 N–H and O–H groups in total. The van der Waals surface area contributed by atoms with Gasteiger partial charge in [0, 0.05) is 25.2 Å². The number of nitrogens with one attached hydrogen (secondary N) is 3. The van der Waals surface area contributed by atoms with Gasteiger partial charge in [-0.3, -0.25) is 0 Å². The van der Waals surface area contributed by atoms with Crippen LogP contribution >= 0.6 is 35.7 Å². The molecular weight excluding hydrogens is 280 g/mol. The standard InChI is InChI=1S/C8H18N4O2S3/c13-3-1-9-6-15-8-5-11-12(17-8)16-7-10-2-4-14/h5,9-11,13-14H,1-4,6-7H2. The molecule has 0 saturated heterocycles.